The average molecular weight is 161 g/mol. The van der Waals surface area contributed by atoms with Crippen molar-refractivity contribution in [1.82, 2.24) is 0 Å². The summed E-state index contributed by atoms with van der Waals surface area (Å²) in [4.78, 5) is 10.3. The van der Waals surface area contributed by atoms with E-state index in [9.17, 15) is 4.79 Å². The molecule has 2 nitrogen and oxygen atoms in total. The number of hydrogen-bond acceptors (Lipinski definition) is 2. The molecule has 0 aliphatic heterocycles. The van der Waals surface area contributed by atoms with Crippen molar-refractivity contribution in [3.8, 4) is 0 Å². The zero-order valence-electron chi connectivity index (χ0n) is 4.98. The van der Waals surface area contributed by atoms with E-state index in [1.165, 1.54) is 7.11 Å². The van der Waals surface area contributed by atoms with Gasteiger partial charge in [0.2, 0.25) is 0 Å². The molecule has 0 aliphatic carbocycles. The first kappa shape index (κ1) is 12.4. The van der Waals surface area contributed by atoms with Gasteiger partial charge in [-0.25, -0.2) is 0 Å². The van der Waals surface area contributed by atoms with E-state index in [1.807, 2.05) is 0 Å². The summed E-state index contributed by atoms with van der Waals surface area (Å²) in [6.45, 7) is 1.75. The number of halogens is 1. The number of ether oxygens (including phenoxy) is 1. The molecule has 1 unspecified atom stereocenters. The third-order valence-corrected chi connectivity index (χ3v) is 0.830. The van der Waals surface area contributed by atoms with Crippen LogP contribution >= 0.6 is 11.6 Å². The normalized spacial score (nSPS) is 11.4. The van der Waals surface area contributed by atoms with E-state index in [2.05, 4.69) is 4.74 Å². The van der Waals surface area contributed by atoms with Crippen LogP contribution < -0.4 is 0 Å². The summed E-state index contributed by atoms with van der Waals surface area (Å²) in [7, 11) is 1.35. The molecule has 0 radical (unpaired) electrons. The van der Waals surface area contributed by atoms with E-state index in [0.717, 1.165) is 0 Å². The monoisotopic (exact) mass is 160 g/mol. The van der Waals surface area contributed by atoms with Gasteiger partial charge in [-0.1, -0.05) is 0 Å². The van der Waals surface area contributed by atoms with Gasteiger partial charge in [0.25, 0.3) is 0 Å². The van der Waals surface area contributed by atoms with Crippen molar-refractivity contribution in [3.63, 3.8) is 0 Å². The number of carbonyl (C=O) groups is 1. The first-order valence-corrected chi connectivity index (χ1v) is 2.81. The first-order valence-electron chi connectivity index (χ1n) is 2.37. The summed E-state index contributed by atoms with van der Waals surface area (Å²) in [5, 5.41) is -0.123. The van der Waals surface area contributed by atoms with E-state index in [0.29, 0.717) is 0 Å². The van der Waals surface area contributed by atoms with E-state index < -0.39 is 0 Å². The molecule has 0 amide bonds. The van der Waals surface area contributed by atoms with Gasteiger partial charge in [0.15, 0.2) is 0 Å². The Bertz CT molecular complexity index is 85.0. The van der Waals surface area contributed by atoms with Gasteiger partial charge < -0.3 is 4.74 Å². The molecule has 0 aromatic heterocycles. The Morgan fingerprint density at radius 1 is 1.78 bits per heavy atom. The topological polar surface area (TPSA) is 26.3 Å². The molecule has 0 rings (SSSR count). The number of methoxy groups -OCH3 is 1. The van der Waals surface area contributed by atoms with Gasteiger partial charge in [0.05, 0.1) is 13.5 Å². The van der Waals surface area contributed by atoms with Crippen LogP contribution in [-0.4, -0.2) is 48.0 Å². The molecular formula is C5H10ClNaO2. The maximum atomic E-state index is 10.3. The van der Waals surface area contributed by atoms with E-state index >= 15 is 0 Å². The van der Waals surface area contributed by atoms with E-state index in [-0.39, 0.29) is 47.3 Å². The molecule has 0 aliphatic rings. The minimum atomic E-state index is -0.257. The van der Waals surface area contributed by atoms with Crippen LogP contribution in [0.3, 0.4) is 0 Å². The fourth-order valence-electron chi connectivity index (χ4n) is 0.313. The van der Waals surface area contributed by atoms with E-state index in [1.54, 1.807) is 6.92 Å². The second kappa shape index (κ2) is 6.87. The van der Waals surface area contributed by atoms with Crippen LogP contribution in [0.5, 0.6) is 0 Å². The second-order valence-electron chi connectivity index (χ2n) is 1.56. The van der Waals surface area contributed by atoms with Gasteiger partial charge >= 0.3 is 35.5 Å². The molecule has 0 saturated carbocycles. The van der Waals surface area contributed by atoms with Crippen LogP contribution in [-0.2, 0) is 9.53 Å². The molecule has 0 fully saturated rings. The Labute approximate surface area is 82.2 Å². The molecule has 0 bridgehead atoms. The fourth-order valence-corrected chi connectivity index (χ4v) is 0.439. The molecule has 9 heavy (non-hydrogen) atoms. The summed E-state index contributed by atoms with van der Waals surface area (Å²) in [6, 6.07) is 0. The number of carbonyl (C=O) groups excluding carboxylic acids is 1. The predicted molar refractivity (Wildman–Crippen MR) is 39.1 cm³/mol. The van der Waals surface area contributed by atoms with Crippen molar-refractivity contribution in [2.24, 2.45) is 0 Å². The third kappa shape index (κ3) is 8.76. The number of rotatable bonds is 2. The van der Waals surface area contributed by atoms with Crippen LogP contribution in [0, 0.1) is 0 Å². The van der Waals surface area contributed by atoms with Crippen molar-refractivity contribution in [2.75, 3.05) is 7.11 Å². The molecule has 50 valence electrons. The quantitative estimate of drug-likeness (QED) is 0.335. The third-order valence-electron chi connectivity index (χ3n) is 0.676. The Morgan fingerprint density at radius 3 is 2.33 bits per heavy atom. The zero-order chi connectivity index (χ0) is 6.57. The van der Waals surface area contributed by atoms with Gasteiger partial charge in [-0.15, -0.1) is 11.6 Å². The average Bonchev–Trinajstić information content (AvgIpc) is 1.65. The Hall–Kier alpha value is 0.760. The van der Waals surface area contributed by atoms with Crippen molar-refractivity contribution < 1.29 is 9.53 Å². The minimum absolute atomic E-state index is 0. The summed E-state index contributed by atoms with van der Waals surface area (Å²) in [5.74, 6) is -0.257. The van der Waals surface area contributed by atoms with Crippen molar-refractivity contribution in [3.05, 3.63) is 0 Å². The molecule has 4 heteroatoms. The SMILES string of the molecule is COC(=O)CC(C)Cl.[NaH]. The van der Waals surface area contributed by atoms with Crippen LogP contribution in [0.15, 0.2) is 0 Å². The molecule has 0 aromatic carbocycles. The van der Waals surface area contributed by atoms with Gasteiger partial charge in [0.1, 0.15) is 0 Å². The summed E-state index contributed by atoms with van der Waals surface area (Å²) >= 11 is 5.45. The van der Waals surface area contributed by atoms with Crippen LogP contribution in [0.25, 0.3) is 0 Å². The van der Waals surface area contributed by atoms with E-state index in [4.69, 9.17) is 11.6 Å². The molecule has 1 atom stereocenters. The van der Waals surface area contributed by atoms with Crippen molar-refractivity contribution >= 4 is 47.1 Å². The summed E-state index contributed by atoms with van der Waals surface area (Å²) < 4.78 is 4.34. The van der Waals surface area contributed by atoms with Gasteiger partial charge in [-0.3, -0.25) is 4.79 Å². The number of alkyl halides is 1. The van der Waals surface area contributed by atoms with Crippen molar-refractivity contribution in [2.45, 2.75) is 18.7 Å². The summed E-state index contributed by atoms with van der Waals surface area (Å²) in [5.41, 5.74) is 0. The molecule has 0 aromatic rings. The Morgan fingerprint density at radius 2 is 2.22 bits per heavy atom. The Balaban J connectivity index is 0. The van der Waals surface area contributed by atoms with Crippen LogP contribution in [0.1, 0.15) is 13.3 Å². The zero-order valence-corrected chi connectivity index (χ0v) is 5.73. The molecule has 0 saturated heterocycles. The van der Waals surface area contributed by atoms with Crippen LogP contribution in [0.4, 0.5) is 0 Å². The van der Waals surface area contributed by atoms with Gasteiger partial charge in [0, 0.05) is 5.38 Å². The van der Waals surface area contributed by atoms with Crippen LogP contribution in [0.2, 0.25) is 0 Å². The maximum absolute atomic E-state index is 10.3. The van der Waals surface area contributed by atoms with Gasteiger partial charge in [-0.05, 0) is 6.92 Å². The second-order valence-corrected chi connectivity index (χ2v) is 2.31. The molecular weight excluding hydrogens is 150 g/mol. The molecule has 0 heterocycles. The first-order chi connectivity index (χ1) is 3.66. The molecule has 0 N–H and O–H groups in total. The Kier molecular flexibility index (Phi) is 9.50. The number of hydrogen-bond donors (Lipinski definition) is 0. The fraction of sp³-hybridized carbons (Fsp3) is 0.800. The standard InChI is InChI=1S/C5H9ClO2.Na.H/c1-4(6)3-5(7)8-2;;/h4H,3H2,1-2H3;;. The molecule has 0 spiro atoms. The summed E-state index contributed by atoms with van der Waals surface area (Å²) in [6.07, 6.45) is 0.290. The van der Waals surface area contributed by atoms with Gasteiger partial charge in [-0.2, -0.15) is 0 Å². The predicted octanol–water partition coefficient (Wildman–Crippen LogP) is 0.528. The number of esters is 1. The van der Waals surface area contributed by atoms with Crippen molar-refractivity contribution in [1.29, 1.82) is 0 Å².